The number of hydrogen-bond acceptors (Lipinski definition) is 3. The smallest absolute Gasteiger partial charge is 0.237 e. The highest BCUT2D eigenvalue weighted by atomic mass is 35.5. The molecule has 3 rings (SSSR count). The number of amides is 2. The molecule has 5 nitrogen and oxygen atoms in total. The van der Waals surface area contributed by atoms with Gasteiger partial charge in [0.2, 0.25) is 11.8 Å². The molecule has 2 aliphatic rings. The van der Waals surface area contributed by atoms with Crippen LogP contribution in [0.2, 0.25) is 5.02 Å². The van der Waals surface area contributed by atoms with Crippen LogP contribution in [0.25, 0.3) is 0 Å². The number of halogens is 2. The van der Waals surface area contributed by atoms with Crippen molar-refractivity contribution in [1.82, 2.24) is 15.1 Å². The van der Waals surface area contributed by atoms with Gasteiger partial charge in [0.1, 0.15) is 5.82 Å². The second-order valence-electron chi connectivity index (χ2n) is 6.27. The van der Waals surface area contributed by atoms with Gasteiger partial charge in [0, 0.05) is 43.3 Å². The fourth-order valence-electron chi connectivity index (χ4n) is 3.32. The van der Waals surface area contributed by atoms with E-state index in [1.54, 1.807) is 17.0 Å². The van der Waals surface area contributed by atoms with Crippen LogP contribution in [0.3, 0.4) is 0 Å². The van der Waals surface area contributed by atoms with Crippen LogP contribution in [0.5, 0.6) is 0 Å². The van der Waals surface area contributed by atoms with Gasteiger partial charge in [-0.15, -0.1) is 0 Å². The third-order valence-electron chi connectivity index (χ3n) is 4.69. The first-order valence-electron chi connectivity index (χ1n) is 8.28. The van der Waals surface area contributed by atoms with Crippen LogP contribution in [0.4, 0.5) is 4.39 Å². The topological polar surface area (TPSA) is 52.7 Å². The zero-order chi connectivity index (χ0) is 17.1. The van der Waals surface area contributed by atoms with Crippen LogP contribution < -0.4 is 5.32 Å². The number of nitrogens with one attached hydrogen (secondary N) is 1. The Bertz CT molecular complexity index is 614. The lowest BCUT2D eigenvalue weighted by atomic mass is 10.1. The van der Waals surface area contributed by atoms with E-state index in [2.05, 4.69) is 5.32 Å². The SMILES string of the molecule is O=C1NCCN(Cc2c(F)cccc2Cl)[C@@H]1CC(=O)N1CCCC1. The summed E-state index contributed by atoms with van der Waals surface area (Å²) >= 11 is 6.10. The van der Waals surface area contributed by atoms with Crippen LogP contribution >= 0.6 is 11.6 Å². The molecule has 0 saturated carbocycles. The first-order valence-corrected chi connectivity index (χ1v) is 8.66. The van der Waals surface area contributed by atoms with Crippen molar-refractivity contribution in [2.24, 2.45) is 0 Å². The van der Waals surface area contributed by atoms with Crippen molar-refractivity contribution in [3.63, 3.8) is 0 Å². The highest BCUT2D eigenvalue weighted by molar-refractivity contribution is 6.31. The van der Waals surface area contributed by atoms with Crippen molar-refractivity contribution in [2.75, 3.05) is 26.2 Å². The Morgan fingerprint density at radius 2 is 2.04 bits per heavy atom. The van der Waals surface area contributed by atoms with Crippen molar-refractivity contribution in [3.8, 4) is 0 Å². The number of benzene rings is 1. The first-order chi connectivity index (χ1) is 11.6. The van der Waals surface area contributed by atoms with E-state index in [4.69, 9.17) is 11.6 Å². The van der Waals surface area contributed by atoms with Gasteiger partial charge >= 0.3 is 0 Å². The van der Waals surface area contributed by atoms with Crippen molar-refractivity contribution >= 4 is 23.4 Å². The number of carbonyl (C=O) groups excluding carboxylic acids is 2. The molecule has 1 aromatic rings. The molecule has 1 N–H and O–H groups in total. The summed E-state index contributed by atoms with van der Waals surface area (Å²) in [6.07, 6.45) is 2.15. The maximum absolute atomic E-state index is 14.1. The summed E-state index contributed by atoms with van der Waals surface area (Å²) < 4.78 is 14.1. The van der Waals surface area contributed by atoms with E-state index < -0.39 is 11.9 Å². The second-order valence-corrected chi connectivity index (χ2v) is 6.68. The van der Waals surface area contributed by atoms with Gasteiger partial charge in [0.25, 0.3) is 0 Å². The maximum atomic E-state index is 14.1. The van der Waals surface area contributed by atoms with Gasteiger partial charge in [0.15, 0.2) is 0 Å². The third-order valence-corrected chi connectivity index (χ3v) is 5.05. The molecular weight excluding hydrogens is 333 g/mol. The molecule has 2 fully saturated rings. The van der Waals surface area contributed by atoms with Crippen LogP contribution in [0.1, 0.15) is 24.8 Å². The summed E-state index contributed by atoms with van der Waals surface area (Å²) in [4.78, 5) is 28.3. The van der Waals surface area contributed by atoms with Crippen molar-refractivity contribution in [2.45, 2.75) is 31.8 Å². The Labute approximate surface area is 145 Å². The highest BCUT2D eigenvalue weighted by Crippen LogP contribution is 2.23. The first kappa shape index (κ1) is 17.2. The lowest BCUT2D eigenvalue weighted by Crippen LogP contribution is -2.56. The Morgan fingerprint density at radius 3 is 2.75 bits per heavy atom. The normalized spacial score (nSPS) is 21.8. The van der Waals surface area contributed by atoms with Gasteiger partial charge in [0.05, 0.1) is 12.5 Å². The summed E-state index contributed by atoms with van der Waals surface area (Å²) in [5, 5.41) is 3.13. The van der Waals surface area contributed by atoms with E-state index in [1.807, 2.05) is 4.90 Å². The number of nitrogens with zero attached hydrogens (tertiary/aromatic N) is 2. The van der Waals surface area contributed by atoms with Gasteiger partial charge in [-0.1, -0.05) is 17.7 Å². The molecule has 1 atom stereocenters. The number of hydrogen-bond donors (Lipinski definition) is 1. The summed E-state index contributed by atoms with van der Waals surface area (Å²) in [6.45, 7) is 2.78. The van der Waals surface area contributed by atoms with Gasteiger partial charge in [-0.3, -0.25) is 14.5 Å². The fourth-order valence-corrected chi connectivity index (χ4v) is 3.54. The average molecular weight is 354 g/mol. The Hall–Kier alpha value is -1.66. The second kappa shape index (κ2) is 7.49. The molecule has 0 aromatic heterocycles. The molecule has 2 saturated heterocycles. The number of carbonyl (C=O) groups is 2. The minimum Gasteiger partial charge on any atom is -0.353 e. The molecule has 7 heteroatoms. The van der Waals surface area contributed by atoms with E-state index in [1.165, 1.54) is 6.07 Å². The van der Waals surface area contributed by atoms with Gasteiger partial charge < -0.3 is 10.2 Å². The lowest BCUT2D eigenvalue weighted by molar-refractivity contribution is -0.138. The number of likely N-dealkylation sites (tertiary alicyclic amines) is 1. The van der Waals surface area contributed by atoms with Crippen molar-refractivity contribution in [3.05, 3.63) is 34.6 Å². The molecule has 2 amide bonds. The summed E-state index contributed by atoms with van der Waals surface area (Å²) in [7, 11) is 0. The standard InChI is InChI=1S/C17H21ClFN3O2/c18-13-4-3-5-14(19)12(13)11-22-9-6-20-17(24)15(22)10-16(23)21-7-1-2-8-21/h3-5,15H,1-2,6-11H2,(H,20,24)/t15-/m1/s1. The van der Waals surface area contributed by atoms with Crippen LogP contribution in [-0.4, -0.2) is 53.8 Å². The zero-order valence-electron chi connectivity index (χ0n) is 13.4. The van der Waals surface area contributed by atoms with Gasteiger partial charge in [-0.05, 0) is 25.0 Å². The minimum absolute atomic E-state index is 0.0146. The molecule has 2 aliphatic heterocycles. The molecule has 0 radical (unpaired) electrons. The molecule has 0 unspecified atom stereocenters. The molecular formula is C17H21ClFN3O2. The summed E-state index contributed by atoms with van der Waals surface area (Å²) in [6, 6.07) is 3.96. The Kier molecular flexibility index (Phi) is 5.36. The molecule has 0 aliphatic carbocycles. The quantitative estimate of drug-likeness (QED) is 0.898. The van der Waals surface area contributed by atoms with E-state index in [0.717, 1.165) is 25.9 Å². The lowest BCUT2D eigenvalue weighted by Gasteiger charge is -2.35. The molecule has 130 valence electrons. The van der Waals surface area contributed by atoms with Crippen LogP contribution in [-0.2, 0) is 16.1 Å². The predicted octanol–water partition coefficient (Wildman–Crippen LogP) is 1.79. The van der Waals surface area contributed by atoms with E-state index in [-0.39, 0.29) is 24.8 Å². The van der Waals surface area contributed by atoms with Gasteiger partial charge in [-0.25, -0.2) is 4.39 Å². The maximum Gasteiger partial charge on any atom is 0.237 e. The molecule has 24 heavy (non-hydrogen) atoms. The molecule has 0 bridgehead atoms. The van der Waals surface area contributed by atoms with E-state index in [0.29, 0.717) is 23.7 Å². The fraction of sp³-hybridized carbons (Fsp3) is 0.529. The summed E-state index contributed by atoms with van der Waals surface area (Å²) in [5.41, 5.74) is 0.368. The number of piperazine rings is 1. The minimum atomic E-state index is -0.581. The highest BCUT2D eigenvalue weighted by Gasteiger charge is 2.34. The Balaban J connectivity index is 1.74. The summed E-state index contributed by atoms with van der Waals surface area (Å²) in [5.74, 6) is -0.585. The monoisotopic (exact) mass is 353 g/mol. The molecule has 1 aromatic carbocycles. The zero-order valence-corrected chi connectivity index (χ0v) is 14.2. The Morgan fingerprint density at radius 1 is 1.29 bits per heavy atom. The van der Waals surface area contributed by atoms with Crippen LogP contribution in [0, 0.1) is 5.82 Å². The van der Waals surface area contributed by atoms with E-state index in [9.17, 15) is 14.0 Å². The number of rotatable bonds is 4. The van der Waals surface area contributed by atoms with Crippen molar-refractivity contribution in [1.29, 1.82) is 0 Å². The average Bonchev–Trinajstić information content (AvgIpc) is 3.08. The van der Waals surface area contributed by atoms with Crippen molar-refractivity contribution < 1.29 is 14.0 Å². The van der Waals surface area contributed by atoms with Gasteiger partial charge in [-0.2, -0.15) is 0 Å². The predicted molar refractivity (Wildman–Crippen MR) is 89.0 cm³/mol. The largest absolute Gasteiger partial charge is 0.353 e. The molecule has 0 spiro atoms. The van der Waals surface area contributed by atoms with E-state index >= 15 is 0 Å². The third kappa shape index (κ3) is 3.70. The molecule has 2 heterocycles. The van der Waals surface area contributed by atoms with Crippen LogP contribution in [0.15, 0.2) is 18.2 Å².